The summed E-state index contributed by atoms with van der Waals surface area (Å²) in [7, 11) is 0. The van der Waals surface area contributed by atoms with Crippen LogP contribution in [-0.4, -0.2) is 21.6 Å². The van der Waals surface area contributed by atoms with Crippen LogP contribution in [0.2, 0.25) is 10.0 Å². The minimum Gasteiger partial charge on any atom is -0.324 e. The summed E-state index contributed by atoms with van der Waals surface area (Å²) in [6, 6.07) is 12.1. The van der Waals surface area contributed by atoms with E-state index in [1.165, 1.54) is 12.1 Å². The first-order valence-electron chi connectivity index (χ1n) is 8.22. The Balaban J connectivity index is 1.79. The van der Waals surface area contributed by atoms with E-state index in [-0.39, 0.29) is 21.6 Å². The number of aromatic nitrogens is 2. The first-order valence-corrected chi connectivity index (χ1v) is 10.8. The van der Waals surface area contributed by atoms with Gasteiger partial charge in [0.2, 0.25) is 5.91 Å². The standard InChI is InChI=1S/C19H11BrCl2F3N3OS/c20-11-3-1-10(2-4-11)15-8-16(19(23,24)25)28-18(27-15)30-9-17(29)26-14-6-5-12(21)7-13(14)22/h1-8H,9H2,(H,26,29). The topological polar surface area (TPSA) is 54.9 Å². The molecule has 30 heavy (non-hydrogen) atoms. The quantitative estimate of drug-likeness (QED) is 0.283. The van der Waals surface area contributed by atoms with Crippen LogP contribution in [0, 0.1) is 0 Å². The Hall–Kier alpha value is -1.81. The van der Waals surface area contributed by atoms with Crippen molar-refractivity contribution in [2.45, 2.75) is 11.3 Å². The van der Waals surface area contributed by atoms with Gasteiger partial charge in [-0.2, -0.15) is 13.2 Å². The fraction of sp³-hybridized carbons (Fsp3) is 0.105. The maximum Gasteiger partial charge on any atom is 0.433 e. The van der Waals surface area contributed by atoms with Gasteiger partial charge in [-0.15, -0.1) is 0 Å². The minimum atomic E-state index is -4.65. The molecule has 0 aliphatic rings. The molecule has 1 amide bonds. The summed E-state index contributed by atoms with van der Waals surface area (Å²) in [5.41, 5.74) is -0.148. The highest BCUT2D eigenvalue weighted by atomic mass is 79.9. The Morgan fingerprint density at radius 2 is 1.77 bits per heavy atom. The summed E-state index contributed by atoms with van der Waals surface area (Å²) in [4.78, 5) is 19.9. The molecule has 156 valence electrons. The lowest BCUT2D eigenvalue weighted by Crippen LogP contribution is -2.15. The third-order valence-corrected chi connectivity index (χ3v) is 5.60. The van der Waals surface area contributed by atoms with Crippen LogP contribution in [-0.2, 0) is 11.0 Å². The highest BCUT2D eigenvalue weighted by Crippen LogP contribution is 2.32. The number of hydrogen-bond acceptors (Lipinski definition) is 4. The van der Waals surface area contributed by atoms with E-state index in [1.54, 1.807) is 30.3 Å². The number of thioether (sulfide) groups is 1. The molecule has 0 aliphatic heterocycles. The van der Waals surface area contributed by atoms with Crippen molar-refractivity contribution in [3.05, 3.63) is 68.7 Å². The first kappa shape index (κ1) is 22.9. The van der Waals surface area contributed by atoms with Crippen LogP contribution < -0.4 is 5.32 Å². The molecule has 0 saturated heterocycles. The van der Waals surface area contributed by atoms with Gasteiger partial charge in [-0.05, 0) is 36.4 Å². The van der Waals surface area contributed by atoms with E-state index in [0.29, 0.717) is 16.3 Å². The third kappa shape index (κ3) is 6.10. The number of amides is 1. The van der Waals surface area contributed by atoms with Crippen molar-refractivity contribution in [2.24, 2.45) is 0 Å². The number of anilines is 1. The van der Waals surface area contributed by atoms with Crippen molar-refractivity contribution in [3.63, 3.8) is 0 Å². The second-order valence-corrected chi connectivity index (χ2v) is 8.59. The number of carbonyl (C=O) groups excluding carboxylic acids is 1. The molecule has 2 aromatic carbocycles. The van der Waals surface area contributed by atoms with Gasteiger partial charge in [0.1, 0.15) is 5.69 Å². The predicted octanol–water partition coefficient (Wildman–Crippen LogP) is 6.96. The summed E-state index contributed by atoms with van der Waals surface area (Å²) in [6.45, 7) is 0. The van der Waals surface area contributed by atoms with Crippen LogP contribution in [0.3, 0.4) is 0 Å². The van der Waals surface area contributed by atoms with Gasteiger partial charge in [0.05, 0.1) is 22.2 Å². The van der Waals surface area contributed by atoms with E-state index in [9.17, 15) is 18.0 Å². The molecular formula is C19H11BrCl2F3N3OS. The van der Waals surface area contributed by atoms with Crippen LogP contribution in [0.1, 0.15) is 5.69 Å². The predicted molar refractivity (Wildman–Crippen MR) is 116 cm³/mol. The Labute approximate surface area is 192 Å². The molecule has 0 radical (unpaired) electrons. The summed E-state index contributed by atoms with van der Waals surface area (Å²) < 4.78 is 40.6. The van der Waals surface area contributed by atoms with Crippen LogP contribution in [0.5, 0.6) is 0 Å². The maximum atomic E-state index is 13.3. The molecule has 11 heteroatoms. The monoisotopic (exact) mass is 535 g/mol. The van der Waals surface area contributed by atoms with Gasteiger partial charge in [0.15, 0.2) is 5.16 Å². The van der Waals surface area contributed by atoms with E-state index in [4.69, 9.17) is 23.2 Å². The van der Waals surface area contributed by atoms with Crippen LogP contribution >= 0.6 is 50.9 Å². The molecule has 0 fully saturated rings. The average molecular weight is 537 g/mol. The fourth-order valence-electron chi connectivity index (χ4n) is 2.31. The zero-order chi connectivity index (χ0) is 21.9. The average Bonchev–Trinajstić information content (AvgIpc) is 2.68. The van der Waals surface area contributed by atoms with Gasteiger partial charge in [-0.1, -0.05) is 63.0 Å². The summed E-state index contributed by atoms with van der Waals surface area (Å²) in [5.74, 6) is -0.685. The maximum absolute atomic E-state index is 13.3. The molecule has 3 aromatic rings. The van der Waals surface area contributed by atoms with Gasteiger partial charge in [-0.25, -0.2) is 9.97 Å². The summed E-state index contributed by atoms with van der Waals surface area (Å²) in [5, 5.41) is 3.06. The smallest absolute Gasteiger partial charge is 0.324 e. The Morgan fingerprint density at radius 1 is 1.07 bits per heavy atom. The minimum absolute atomic E-state index is 0.105. The van der Waals surface area contributed by atoms with E-state index in [2.05, 4.69) is 31.2 Å². The lowest BCUT2D eigenvalue weighted by Gasteiger charge is -2.11. The SMILES string of the molecule is O=C(CSc1nc(-c2ccc(Br)cc2)cc(C(F)(F)F)n1)Nc1ccc(Cl)cc1Cl. The van der Waals surface area contributed by atoms with E-state index in [0.717, 1.165) is 22.3 Å². The van der Waals surface area contributed by atoms with Crippen molar-refractivity contribution < 1.29 is 18.0 Å². The van der Waals surface area contributed by atoms with Crippen molar-refractivity contribution in [1.29, 1.82) is 0 Å². The number of carbonyl (C=O) groups is 1. The zero-order valence-electron chi connectivity index (χ0n) is 14.8. The van der Waals surface area contributed by atoms with E-state index >= 15 is 0 Å². The van der Waals surface area contributed by atoms with Crippen molar-refractivity contribution in [2.75, 3.05) is 11.1 Å². The number of hydrogen-bond donors (Lipinski definition) is 1. The Morgan fingerprint density at radius 3 is 2.40 bits per heavy atom. The molecule has 0 atom stereocenters. The Bertz CT molecular complexity index is 1080. The lowest BCUT2D eigenvalue weighted by atomic mass is 10.1. The molecule has 1 N–H and O–H groups in total. The van der Waals surface area contributed by atoms with Crippen LogP contribution in [0.4, 0.5) is 18.9 Å². The van der Waals surface area contributed by atoms with Gasteiger partial charge >= 0.3 is 6.18 Å². The first-order chi connectivity index (χ1) is 14.1. The second kappa shape index (κ2) is 9.55. The van der Waals surface area contributed by atoms with Crippen molar-refractivity contribution in [3.8, 4) is 11.3 Å². The highest BCUT2D eigenvalue weighted by molar-refractivity contribution is 9.10. The summed E-state index contributed by atoms with van der Waals surface area (Å²) >= 11 is 15.9. The van der Waals surface area contributed by atoms with E-state index in [1.807, 2.05) is 0 Å². The number of nitrogens with zero attached hydrogens (tertiary/aromatic N) is 2. The molecule has 4 nitrogen and oxygen atoms in total. The Kier molecular flexibility index (Phi) is 7.28. The fourth-order valence-corrected chi connectivity index (χ4v) is 3.69. The largest absolute Gasteiger partial charge is 0.433 e. The molecule has 0 unspecified atom stereocenters. The molecule has 0 bridgehead atoms. The third-order valence-electron chi connectivity index (χ3n) is 3.67. The number of halogens is 6. The van der Waals surface area contributed by atoms with Gasteiger partial charge in [0.25, 0.3) is 0 Å². The normalized spacial score (nSPS) is 11.4. The van der Waals surface area contributed by atoms with Gasteiger partial charge in [0, 0.05) is 15.1 Å². The van der Waals surface area contributed by atoms with E-state index < -0.39 is 17.8 Å². The molecular weight excluding hydrogens is 526 g/mol. The molecule has 0 saturated carbocycles. The van der Waals surface area contributed by atoms with Gasteiger partial charge < -0.3 is 5.32 Å². The number of benzene rings is 2. The lowest BCUT2D eigenvalue weighted by molar-refractivity contribution is -0.141. The number of nitrogens with one attached hydrogen (secondary N) is 1. The van der Waals surface area contributed by atoms with Crippen LogP contribution in [0.25, 0.3) is 11.3 Å². The summed E-state index contributed by atoms with van der Waals surface area (Å²) in [6.07, 6.45) is -4.65. The molecule has 1 aromatic heterocycles. The molecule has 1 heterocycles. The molecule has 3 rings (SSSR count). The molecule has 0 spiro atoms. The van der Waals surface area contributed by atoms with Crippen LogP contribution in [0.15, 0.2) is 58.2 Å². The molecule has 0 aliphatic carbocycles. The van der Waals surface area contributed by atoms with Crippen molar-refractivity contribution >= 4 is 62.5 Å². The number of rotatable bonds is 5. The number of alkyl halides is 3. The second-order valence-electron chi connectivity index (χ2n) is 5.89. The van der Waals surface area contributed by atoms with Gasteiger partial charge in [-0.3, -0.25) is 4.79 Å². The zero-order valence-corrected chi connectivity index (χ0v) is 18.7. The highest BCUT2D eigenvalue weighted by Gasteiger charge is 2.34. The van der Waals surface area contributed by atoms with Crippen molar-refractivity contribution in [1.82, 2.24) is 9.97 Å².